The molecule has 0 radical (unpaired) electrons. The summed E-state index contributed by atoms with van der Waals surface area (Å²) in [5.74, 6) is -0.726. The van der Waals surface area contributed by atoms with Crippen LogP contribution >= 0.6 is 0 Å². The number of nitrogens with one attached hydrogen (secondary N) is 1. The zero-order valence-electron chi connectivity index (χ0n) is 32.2. The number of hydrogen-bond donors (Lipinski definition) is 7. The third kappa shape index (κ3) is 23.7. The van der Waals surface area contributed by atoms with E-state index in [1.165, 1.54) is 63.9 Å². The van der Waals surface area contributed by atoms with Crippen molar-refractivity contribution in [1.29, 1.82) is 0 Å². The molecule has 1 saturated heterocycles. The Labute approximate surface area is 318 Å². The molecule has 0 aromatic carbocycles. The van der Waals surface area contributed by atoms with Gasteiger partial charge >= 0.3 is 10.4 Å². The van der Waals surface area contributed by atoms with Gasteiger partial charge in [-0.05, 0) is 57.8 Å². The highest BCUT2D eigenvalue weighted by atomic mass is 32.3. The molecular weight excluding hydrogens is 706 g/mol. The summed E-state index contributed by atoms with van der Waals surface area (Å²) in [6.45, 7) is 3.11. The average molecular weight is 778 g/mol. The summed E-state index contributed by atoms with van der Waals surface area (Å²) in [4.78, 5) is 13.0. The third-order valence-electron chi connectivity index (χ3n) is 9.25. The van der Waals surface area contributed by atoms with Crippen LogP contribution < -0.4 is 5.32 Å². The molecular formula is C39H71NO12S. The van der Waals surface area contributed by atoms with Gasteiger partial charge in [-0.15, -0.1) is 0 Å². The first-order chi connectivity index (χ1) is 25.4. The summed E-state index contributed by atoms with van der Waals surface area (Å²) >= 11 is 0. The van der Waals surface area contributed by atoms with E-state index in [9.17, 15) is 38.7 Å². The molecule has 0 saturated carbocycles. The SMILES string of the molecule is CCCCC/C=C\CCCCCCC(O)C(=O)NC(COC1OC(CO)C(O)C(OS(=O)(=O)O)C1O)C(O)/C=C/CC/C=C/CCCCCCCCC. The molecule has 1 amide bonds. The lowest BCUT2D eigenvalue weighted by atomic mass is 9.99. The number of allylic oxidation sites excluding steroid dienone is 5. The molecule has 1 aliphatic heterocycles. The first-order valence-corrected chi connectivity index (χ1v) is 21.3. The van der Waals surface area contributed by atoms with Gasteiger partial charge in [0.15, 0.2) is 6.29 Å². The Morgan fingerprint density at radius 1 is 0.755 bits per heavy atom. The van der Waals surface area contributed by atoms with E-state index in [2.05, 4.69) is 47.7 Å². The largest absolute Gasteiger partial charge is 0.397 e. The molecule has 0 aromatic heterocycles. The normalized spacial score (nSPS) is 22.9. The van der Waals surface area contributed by atoms with Crippen LogP contribution in [0.1, 0.15) is 142 Å². The van der Waals surface area contributed by atoms with E-state index >= 15 is 0 Å². The van der Waals surface area contributed by atoms with Crippen LogP contribution in [0.4, 0.5) is 0 Å². The van der Waals surface area contributed by atoms with Crippen molar-refractivity contribution in [1.82, 2.24) is 5.32 Å². The number of carbonyl (C=O) groups excluding carboxylic acids is 1. The molecule has 0 aliphatic carbocycles. The molecule has 0 aromatic rings. The number of aliphatic hydroxyl groups is 5. The predicted octanol–water partition coefficient (Wildman–Crippen LogP) is 5.35. The van der Waals surface area contributed by atoms with Crippen molar-refractivity contribution in [2.24, 2.45) is 0 Å². The lowest BCUT2D eigenvalue weighted by Crippen LogP contribution is -2.61. The highest BCUT2D eigenvalue weighted by Crippen LogP contribution is 2.26. The van der Waals surface area contributed by atoms with E-state index in [1.807, 2.05) is 0 Å². The number of carbonyl (C=O) groups is 1. The van der Waals surface area contributed by atoms with E-state index in [4.69, 9.17) is 14.0 Å². The first kappa shape index (κ1) is 49.3. The minimum absolute atomic E-state index is 0.221. The summed E-state index contributed by atoms with van der Waals surface area (Å²) in [5, 5.41) is 54.8. The number of hydrogen-bond acceptors (Lipinski definition) is 11. The molecule has 0 spiro atoms. The third-order valence-corrected chi connectivity index (χ3v) is 9.72. The van der Waals surface area contributed by atoms with Gasteiger partial charge in [0.2, 0.25) is 5.91 Å². The van der Waals surface area contributed by atoms with Crippen molar-refractivity contribution in [3.63, 3.8) is 0 Å². The topological polar surface area (TPSA) is 212 Å². The van der Waals surface area contributed by atoms with Crippen molar-refractivity contribution in [3.05, 3.63) is 36.5 Å². The fourth-order valence-corrected chi connectivity index (χ4v) is 6.51. The van der Waals surface area contributed by atoms with Gasteiger partial charge in [-0.25, -0.2) is 4.18 Å². The maximum absolute atomic E-state index is 13.0. The molecule has 8 atom stereocenters. The van der Waals surface area contributed by atoms with Gasteiger partial charge < -0.3 is 40.3 Å². The standard InChI is InChI=1S/C39H71NO12S/c1-3-5-7-9-11-13-15-16-18-19-21-23-25-27-32(42)31(30-50-39-36(45)37(52-53(47,48)49)35(44)34(29-41)51-39)40-38(46)33(43)28-26-24-22-20-17-14-12-10-8-6-4-2/h12,14,18-19,25,27,31-37,39,41-45H,3-11,13,15-17,20-24,26,28-30H2,1-2H3,(H,40,46)(H,47,48,49)/b14-12-,19-18+,27-25+. The summed E-state index contributed by atoms with van der Waals surface area (Å²) in [6, 6.07) is -1.14. The zero-order valence-corrected chi connectivity index (χ0v) is 33.0. The van der Waals surface area contributed by atoms with Crippen molar-refractivity contribution in [3.8, 4) is 0 Å². The molecule has 0 bridgehead atoms. The number of rotatable bonds is 32. The Kier molecular flexibility index (Phi) is 28.4. The quantitative estimate of drug-likeness (QED) is 0.0262. The Bertz CT molecular complexity index is 1120. The monoisotopic (exact) mass is 777 g/mol. The molecule has 1 rings (SSSR count). The predicted molar refractivity (Wildman–Crippen MR) is 205 cm³/mol. The van der Waals surface area contributed by atoms with Crippen molar-refractivity contribution in [2.75, 3.05) is 13.2 Å². The number of aliphatic hydroxyl groups excluding tert-OH is 5. The average Bonchev–Trinajstić information content (AvgIpc) is 3.12. The van der Waals surface area contributed by atoms with E-state index in [0.717, 1.165) is 51.4 Å². The van der Waals surface area contributed by atoms with Crippen LogP contribution in [0.5, 0.6) is 0 Å². The molecule has 1 aliphatic rings. The van der Waals surface area contributed by atoms with Crippen molar-refractivity contribution < 1.29 is 57.0 Å². The molecule has 7 N–H and O–H groups in total. The lowest BCUT2D eigenvalue weighted by molar-refractivity contribution is -0.298. The first-order valence-electron chi connectivity index (χ1n) is 20.0. The van der Waals surface area contributed by atoms with Crippen LogP contribution in [0, 0.1) is 0 Å². The molecule has 13 nitrogen and oxygen atoms in total. The lowest BCUT2D eigenvalue weighted by Gasteiger charge is -2.41. The molecule has 1 heterocycles. The van der Waals surface area contributed by atoms with E-state index < -0.39 is 78.5 Å². The van der Waals surface area contributed by atoms with Crippen LogP contribution in [-0.4, -0.2) is 107 Å². The highest BCUT2D eigenvalue weighted by molar-refractivity contribution is 7.80. The van der Waals surface area contributed by atoms with Crippen LogP contribution in [0.25, 0.3) is 0 Å². The van der Waals surface area contributed by atoms with Crippen LogP contribution in [0.2, 0.25) is 0 Å². The zero-order chi connectivity index (χ0) is 39.3. The fourth-order valence-electron chi connectivity index (χ4n) is 6.00. The molecule has 310 valence electrons. The van der Waals surface area contributed by atoms with Gasteiger partial charge in [0.05, 0.1) is 25.4 Å². The molecule has 8 unspecified atom stereocenters. The van der Waals surface area contributed by atoms with Crippen molar-refractivity contribution >= 4 is 16.3 Å². The molecule has 53 heavy (non-hydrogen) atoms. The maximum atomic E-state index is 13.0. The van der Waals surface area contributed by atoms with Crippen LogP contribution in [0.3, 0.4) is 0 Å². The van der Waals surface area contributed by atoms with E-state index in [-0.39, 0.29) is 6.42 Å². The maximum Gasteiger partial charge on any atom is 0.397 e. The summed E-state index contributed by atoms with van der Waals surface area (Å²) < 4.78 is 47.2. The molecule has 1 fully saturated rings. The minimum Gasteiger partial charge on any atom is -0.394 e. The second-order valence-corrected chi connectivity index (χ2v) is 15.0. The molecule has 14 heteroatoms. The van der Waals surface area contributed by atoms with Crippen LogP contribution in [0.15, 0.2) is 36.5 Å². The van der Waals surface area contributed by atoms with E-state index in [1.54, 1.807) is 6.08 Å². The summed E-state index contributed by atoms with van der Waals surface area (Å²) in [6.07, 6.45) is 21.1. The summed E-state index contributed by atoms with van der Waals surface area (Å²) in [5.41, 5.74) is 0. The highest BCUT2D eigenvalue weighted by Gasteiger charge is 2.48. The van der Waals surface area contributed by atoms with E-state index in [0.29, 0.717) is 12.8 Å². The smallest absolute Gasteiger partial charge is 0.394 e. The Morgan fingerprint density at radius 3 is 1.85 bits per heavy atom. The second kappa shape index (κ2) is 30.5. The van der Waals surface area contributed by atoms with Gasteiger partial charge in [-0.1, -0.05) is 121 Å². The second-order valence-electron chi connectivity index (χ2n) is 14.0. The fraction of sp³-hybridized carbons (Fsp3) is 0.821. The Balaban J connectivity index is 2.74. The Morgan fingerprint density at radius 2 is 1.26 bits per heavy atom. The van der Waals surface area contributed by atoms with Gasteiger partial charge in [0, 0.05) is 0 Å². The number of amides is 1. The van der Waals surface area contributed by atoms with Crippen molar-refractivity contribution in [2.45, 2.75) is 191 Å². The number of unbranched alkanes of at least 4 members (excludes halogenated alkanes) is 15. The summed E-state index contributed by atoms with van der Waals surface area (Å²) in [7, 11) is -5.12. The minimum atomic E-state index is -5.12. The number of ether oxygens (including phenoxy) is 2. The Hall–Kier alpha value is -1.72. The van der Waals surface area contributed by atoms with Crippen LogP contribution in [-0.2, 0) is 28.9 Å². The van der Waals surface area contributed by atoms with Gasteiger partial charge in [0.1, 0.15) is 30.5 Å². The van der Waals surface area contributed by atoms with Gasteiger partial charge in [0.25, 0.3) is 0 Å². The van der Waals surface area contributed by atoms with Gasteiger partial charge in [-0.3, -0.25) is 9.35 Å². The van der Waals surface area contributed by atoms with Gasteiger partial charge in [-0.2, -0.15) is 8.42 Å².